The van der Waals surface area contributed by atoms with Gasteiger partial charge in [0.1, 0.15) is 0 Å². The van der Waals surface area contributed by atoms with Gasteiger partial charge in [0.05, 0.1) is 23.8 Å². The highest BCUT2D eigenvalue weighted by Gasteiger charge is 2.34. The molecule has 0 radical (unpaired) electrons. The third-order valence-corrected chi connectivity index (χ3v) is 4.03. The van der Waals surface area contributed by atoms with Crippen LogP contribution in [0.2, 0.25) is 5.02 Å². The van der Waals surface area contributed by atoms with E-state index in [0.29, 0.717) is 54.8 Å². The van der Waals surface area contributed by atoms with E-state index in [1.807, 2.05) is 13.8 Å². The van der Waals surface area contributed by atoms with Gasteiger partial charge in [-0.3, -0.25) is 4.79 Å². The highest BCUT2D eigenvalue weighted by atomic mass is 35.5. The highest BCUT2D eigenvalue weighted by molar-refractivity contribution is 6.32. The lowest BCUT2D eigenvalue weighted by Crippen LogP contribution is -2.33. The minimum Gasteiger partial charge on any atom is -0.490 e. The Morgan fingerprint density at radius 3 is 2.70 bits per heavy atom. The highest BCUT2D eigenvalue weighted by Crippen LogP contribution is 2.37. The van der Waals surface area contributed by atoms with E-state index in [2.05, 4.69) is 0 Å². The Morgan fingerprint density at radius 2 is 2.13 bits per heavy atom. The molecule has 1 aromatic carbocycles. The van der Waals surface area contributed by atoms with Crippen molar-refractivity contribution in [3.63, 3.8) is 0 Å². The molecule has 1 atom stereocenters. The van der Waals surface area contributed by atoms with Gasteiger partial charge in [-0.1, -0.05) is 18.5 Å². The number of nitrogens with zero attached hydrogens (tertiary/aromatic N) is 1. The van der Waals surface area contributed by atoms with Crippen LogP contribution in [0.25, 0.3) is 0 Å². The van der Waals surface area contributed by atoms with Crippen LogP contribution in [0.4, 0.5) is 0 Å². The SMILES string of the molecule is CCCOc1c(Cl)cc(C(=O)N2CCC(C)(O)C2)cc1OCC. The maximum atomic E-state index is 12.6. The second-order valence-corrected chi connectivity index (χ2v) is 6.45. The zero-order valence-electron chi connectivity index (χ0n) is 13.9. The Hall–Kier alpha value is -1.46. The van der Waals surface area contributed by atoms with E-state index in [9.17, 15) is 9.90 Å². The van der Waals surface area contributed by atoms with Gasteiger partial charge in [0.2, 0.25) is 0 Å². The van der Waals surface area contributed by atoms with Crippen molar-refractivity contribution in [2.24, 2.45) is 0 Å². The molecule has 2 rings (SSSR count). The first-order valence-electron chi connectivity index (χ1n) is 7.98. The van der Waals surface area contributed by atoms with Gasteiger partial charge in [-0.2, -0.15) is 0 Å². The molecule has 128 valence electrons. The van der Waals surface area contributed by atoms with E-state index < -0.39 is 5.60 Å². The Balaban J connectivity index is 2.27. The maximum absolute atomic E-state index is 12.6. The summed E-state index contributed by atoms with van der Waals surface area (Å²) in [5.41, 5.74) is -0.383. The first-order chi connectivity index (χ1) is 10.9. The summed E-state index contributed by atoms with van der Waals surface area (Å²) < 4.78 is 11.2. The fourth-order valence-corrected chi connectivity index (χ4v) is 2.86. The van der Waals surface area contributed by atoms with Gasteiger partial charge in [0.25, 0.3) is 5.91 Å². The summed E-state index contributed by atoms with van der Waals surface area (Å²) in [6, 6.07) is 3.26. The summed E-state index contributed by atoms with van der Waals surface area (Å²) in [6.07, 6.45) is 1.42. The average molecular weight is 342 g/mol. The molecule has 1 aliphatic rings. The monoisotopic (exact) mass is 341 g/mol. The molecule has 6 heteroatoms. The molecule has 5 nitrogen and oxygen atoms in total. The summed E-state index contributed by atoms with van der Waals surface area (Å²) in [5, 5.41) is 10.4. The second kappa shape index (κ2) is 7.41. The zero-order valence-corrected chi connectivity index (χ0v) is 14.7. The van der Waals surface area contributed by atoms with Gasteiger partial charge in [-0.05, 0) is 38.8 Å². The molecule has 1 aliphatic heterocycles. The van der Waals surface area contributed by atoms with E-state index >= 15 is 0 Å². The van der Waals surface area contributed by atoms with Gasteiger partial charge in [0.15, 0.2) is 11.5 Å². The number of carbonyl (C=O) groups is 1. The summed E-state index contributed by atoms with van der Waals surface area (Å²) >= 11 is 6.29. The number of β-amino-alcohol motifs (C(OH)–C–C–N with tert-alkyl or cyclic N) is 1. The Bertz CT molecular complexity index is 574. The fourth-order valence-electron chi connectivity index (χ4n) is 2.60. The number of rotatable bonds is 6. The van der Waals surface area contributed by atoms with E-state index in [-0.39, 0.29) is 5.91 Å². The maximum Gasteiger partial charge on any atom is 0.254 e. The van der Waals surface area contributed by atoms with Crippen molar-refractivity contribution < 1.29 is 19.4 Å². The normalized spacial score (nSPS) is 20.7. The van der Waals surface area contributed by atoms with Crippen molar-refractivity contribution in [3.05, 3.63) is 22.7 Å². The third kappa shape index (κ3) is 4.30. The Kier molecular flexibility index (Phi) is 5.76. The molecular weight excluding hydrogens is 318 g/mol. The lowest BCUT2D eigenvalue weighted by Gasteiger charge is -2.20. The molecule has 0 bridgehead atoms. The number of halogens is 1. The van der Waals surface area contributed by atoms with Crippen molar-refractivity contribution in [1.82, 2.24) is 4.90 Å². The second-order valence-electron chi connectivity index (χ2n) is 6.04. The lowest BCUT2D eigenvalue weighted by atomic mass is 10.1. The predicted octanol–water partition coefficient (Wildman–Crippen LogP) is 3.12. The molecule has 1 N–H and O–H groups in total. The van der Waals surface area contributed by atoms with Crippen LogP contribution in [-0.4, -0.2) is 47.8 Å². The quantitative estimate of drug-likeness (QED) is 0.863. The number of aliphatic hydroxyl groups is 1. The standard InChI is InChI=1S/C17H24ClNO4/c1-4-8-23-15-13(18)9-12(10-14(15)22-5-2)16(20)19-7-6-17(3,21)11-19/h9-10,21H,4-8,11H2,1-3H3. The number of likely N-dealkylation sites (tertiary alicyclic amines) is 1. The number of amides is 1. The number of hydrogen-bond acceptors (Lipinski definition) is 4. The average Bonchev–Trinajstić information content (AvgIpc) is 2.86. The minimum atomic E-state index is -0.827. The van der Waals surface area contributed by atoms with Gasteiger partial charge in [-0.15, -0.1) is 0 Å². The number of benzene rings is 1. The summed E-state index contributed by atoms with van der Waals surface area (Å²) in [6.45, 7) is 7.44. The molecule has 1 heterocycles. The molecule has 1 unspecified atom stereocenters. The zero-order chi connectivity index (χ0) is 17.0. The molecule has 1 saturated heterocycles. The van der Waals surface area contributed by atoms with Crippen LogP contribution in [0.1, 0.15) is 44.0 Å². The van der Waals surface area contributed by atoms with Crippen molar-refractivity contribution in [2.75, 3.05) is 26.3 Å². The Labute approximate surface area is 142 Å². The molecule has 23 heavy (non-hydrogen) atoms. The topological polar surface area (TPSA) is 59.0 Å². The van der Waals surface area contributed by atoms with E-state index in [1.54, 1.807) is 24.0 Å². The van der Waals surface area contributed by atoms with Crippen LogP contribution in [0.3, 0.4) is 0 Å². The summed E-state index contributed by atoms with van der Waals surface area (Å²) in [7, 11) is 0. The molecule has 1 amide bonds. The number of carbonyl (C=O) groups excluding carboxylic acids is 1. The molecule has 1 aromatic rings. The summed E-state index contributed by atoms with van der Waals surface area (Å²) in [4.78, 5) is 14.3. The number of hydrogen-bond donors (Lipinski definition) is 1. The van der Waals surface area contributed by atoms with Crippen LogP contribution in [0, 0.1) is 0 Å². The van der Waals surface area contributed by atoms with Gasteiger partial charge in [0, 0.05) is 18.7 Å². The van der Waals surface area contributed by atoms with Crippen LogP contribution in [0.5, 0.6) is 11.5 Å². The molecule has 0 spiro atoms. The van der Waals surface area contributed by atoms with Crippen LogP contribution < -0.4 is 9.47 Å². The van der Waals surface area contributed by atoms with Crippen molar-refractivity contribution in [1.29, 1.82) is 0 Å². The largest absolute Gasteiger partial charge is 0.490 e. The van der Waals surface area contributed by atoms with Crippen LogP contribution in [0.15, 0.2) is 12.1 Å². The smallest absolute Gasteiger partial charge is 0.254 e. The van der Waals surface area contributed by atoms with Gasteiger partial charge in [-0.25, -0.2) is 0 Å². The van der Waals surface area contributed by atoms with E-state index in [0.717, 1.165) is 6.42 Å². The predicted molar refractivity (Wildman–Crippen MR) is 89.6 cm³/mol. The molecular formula is C17H24ClNO4. The lowest BCUT2D eigenvalue weighted by molar-refractivity contribution is 0.0572. The van der Waals surface area contributed by atoms with Crippen LogP contribution >= 0.6 is 11.6 Å². The van der Waals surface area contributed by atoms with Crippen molar-refractivity contribution in [3.8, 4) is 11.5 Å². The number of ether oxygens (including phenoxy) is 2. The molecule has 1 fully saturated rings. The van der Waals surface area contributed by atoms with Crippen molar-refractivity contribution >= 4 is 17.5 Å². The van der Waals surface area contributed by atoms with Crippen molar-refractivity contribution in [2.45, 2.75) is 39.2 Å². The van der Waals surface area contributed by atoms with Gasteiger partial charge < -0.3 is 19.5 Å². The molecule has 0 saturated carbocycles. The van der Waals surface area contributed by atoms with Gasteiger partial charge >= 0.3 is 0 Å². The Morgan fingerprint density at radius 1 is 1.39 bits per heavy atom. The fraction of sp³-hybridized carbons (Fsp3) is 0.588. The first kappa shape index (κ1) is 17.9. The molecule has 0 aromatic heterocycles. The minimum absolute atomic E-state index is 0.160. The third-order valence-electron chi connectivity index (χ3n) is 3.75. The molecule has 0 aliphatic carbocycles. The van der Waals surface area contributed by atoms with Crippen LogP contribution in [-0.2, 0) is 0 Å². The summed E-state index contributed by atoms with van der Waals surface area (Å²) in [5.74, 6) is 0.788. The first-order valence-corrected chi connectivity index (χ1v) is 8.36. The van der Waals surface area contributed by atoms with E-state index in [1.165, 1.54) is 0 Å². The van der Waals surface area contributed by atoms with E-state index in [4.69, 9.17) is 21.1 Å².